The fraction of sp³-hybridized carbons (Fsp3) is 0.388. The number of carbonyl (C=O) groups is 4. The molecule has 0 atom stereocenters. The summed E-state index contributed by atoms with van der Waals surface area (Å²) in [6.45, 7) is 42.9. The quantitative estimate of drug-likeness (QED) is 0.0521. The minimum absolute atomic E-state index is 0.199. The number of methoxy groups -OCH3 is 1. The molecule has 0 saturated carbocycles. The van der Waals surface area contributed by atoms with Crippen LogP contribution in [0.2, 0.25) is 0 Å². The molecule has 3 aromatic carbocycles. The zero-order chi connectivity index (χ0) is 70.9. The van der Waals surface area contributed by atoms with Crippen LogP contribution in [-0.4, -0.2) is 51.4 Å². The van der Waals surface area contributed by atoms with Crippen LogP contribution >= 0.6 is 0 Å². The molecule has 9 nitrogen and oxygen atoms in total. The molecule has 6 rings (SSSR count). The van der Waals surface area contributed by atoms with E-state index in [1.54, 1.807) is 58.2 Å². The third-order valence-corrected chi connectivity index (χ3v) is 18.0. The average Bonchev–Trinajstić information content (AvgIpc) is 0.759. The molecule has 0 aliphatic heterocycles. The minimum atomic E-state index is -0.932. The Morgan fingerprint density at radius 1 is 0.447 bits per heavy atom. The maximum Gasteiger partial charge on any atom is 0.335 e. The van der Waals surface area contributed by atoms with E-state index in [9.17, 15) is 19.2 Å². The van der Waals surface area contributed by atoms with E-state index < -0.39 is 23.9 Å². The van der Waals surface area contributed by atoms with Gasteiger partial charge in [-0.15, -0.1) is 0 Å². The molecule has 0 unspecified atom stereocenters. The topological polar surface area (TPSA) is 158 Å². The number of aliphatic carboxylic acids is 3. The first-order valence-corrected chi connectivity index (χ1v) is 32.9. The van der Waals surface area contributed by atoms with Crippen molar-refractivity contribution in [3.05, 3.63) is 258 Å². The van der Waals surface area contributed by atoms with Crippen LogP contribution in [0.4, 0.5) is 0 Å². The number of carboxylic acid groups (broad SMARTS) is 4. The molecule has 3 aromatic rings. The third kappa shape index (κ3) is 26.4. The summed E-state index contributed by atoms with van der Waals surface area (Å²) < 4.78 is 5.40. The summed E-state index contributed by atoms with van der Waals surface area (Å²) in [6, 6.07) is 16.0. The van der Waals surface area contributed by atoms with Gasteiger partial charge in [-0.05, 0) is 252 Å². The van der Waals surface area contributed by atoms with E-state index in [1.165, 1.54) is 131 Å². The summed E-state index contributed by atoms with van der Waals surface area (Å²) in [5.41, 5.74) is 23.8. The molecule has 3 aliphatic carbocycles. The summed E-state index contributed by atoms with van der Waals surface area (Å²) in [7, 11) is 1.69. The van der Waals surface area contributed by atoms with E-state index in [2.05, 4.69) is 178 Å². The van der Waals surface area contributed by atoms with Crippen LogP contribution < -0.4 is 4.74 Å². The second-order valence-electron chi connectivity index (χ2n) is 28.2. The van der Waals surface area contributed by atoms with Crippen molar-refractivity contribution in [3.8, 4) is 5.75 Å². The third-order valence-electron chi connectivity index (χ3n) is 18.0. The summed E-state index contributed by atoms with van der Waals surface area (Å²) in [4.78, 5) is 42.6. The van der Waals surface area contributed by atoms with Crippen molar-refractivity contribution in [1.29, 1.82) is 0 Å². The van der Waals surface area contributed by atoms with Gasteiger partial charge in [-0.2, -0.15) is 0 Å². The molecule has 0 heterocycles. The van der Waals surface area contributed by atoms with Crippen LogP contribution in [0.25, 0.3) is 17.7 Å². The van der Waals surface area contributed by atoms with E-state index in [-0.39, 0.29) is 21.7 Å². The van der Waals surface area contributed by atoms with Crippen LogP contribution in [0.15, 0.2) is 208 Å². The van der Waals surface area contributed by atoms with Gasteiger partial charge in [0, 0.05) is 18.2 Å². The number of hydrogen-bond acceptors (Lipinski definition) is 5. The molecule has 9 heteroatoms. The SMILES string of the molecule is C/C(=C\c1ccc(C(=O)O)cc1)c1ccc2c(c1)C(C)(C)CCC2(C)C.CC1=C(/C=C/C(C)=C/C=C/C(C)=C/C(=O)O)C(C)(C)CCC1.CC1=C(/C=C/C(C)=C/C=C/C(C)=C\C(=O)O)C(C)(C)CCC1.COc1cc(C)c(/C=C/C(C)=C/C=C/C(C)=C/C(=O)O)c(C)c1C. The first-order chi connectivity index (χ1) is 43.8. The van der Waals surface area contributed by atoms with Crippen molar-refractivity contribution in [1.82, 2.24) is 0 Å². The highest BCUT2D eigenvalue weighted by atomic mass is 16.5. The van der Waals surface area contributed by atoms with Gasteiger partial charge < -0.3 is 25.2 Å². The molecule has 0 bridgehead atoms. The Labute approximate surface area is 565 Å². The lowest BCUT2D eigenvalue weighted by molar-refractivity contribution is -0.132. The van der Waals surface area contributed by atoms with Gasteiger partial charge in [0.2, 0.25) is 0 Å². The fourth-order valence-electron chi connectivity index (χ4n) is 12.0. The van der Waals surface area contributed by atoms with Gasteiger partial charge in [0.05, 0.1) is 12.7 Å². The Morgan fingerprint density at radius 2 is 0.840 bits per heavy atom. The highest BCUT2D eigenvalue weighted by molar-refractivity contribution is 5.88. The standard InChI is InChI=1S/C24H28O2.C21H26O3.2C20H28O2/c1-16(14-17-6-8-18(9-7-17)22(25)26)19-10-11-20-21(15-19)24(4,5)13-12-23(20,2)3;1-14(8-7-9-15(2)12-21(22)23)10-11-19-16(3)13-20(24-6)18(5)17(19)4;2*1-15(8-6-9-16(2)14-19(21)22)11-12-18-17(3)10-7-13-20(18,4)5/h6-11,14-15H,12-13H2,1-5H3,(H,25,26);7-13H,1-6H3,(H,22,23);2*6,8-9,11-12,14H,7,10,13H2,1-5H3,(H,21,22)/b16-14+;9-7+,11-10+,14-8+,15-12+;9-6+,12-11+,15-8+,16-14+;9-6+,12-11+,15-8+,16-14-. The van der Waals surface area contributed by atoms with Gasteiger partial charge in [0.1, 0.15) is 5.75 Å². The lowest BCUT2D eigenvalue weighted by Gasteiger charge is -2.42. The Bertz CT molecular complexity index is 3590. The van der Waals surface area contributed by atoms with E-state index >= 15 is 0 Å². The number of carboxylic acids is 4. The zero-order valence-corrected chi connectivity index (χ0v) is 60.6. The fourth-order valence-corrected chi connectivity index (χ4v) is 12.0. The number of fused-ring (bicyclic) bond motifs is 1. The van der Waals surface area contributed by atoms with Gasteiger partial charge >= 0.3 is 23.9 Å². The number of aromatic carboxylic acids is 1. The van der Waals surface area contributed by atoms with Gasteiger partial charge in [-0.25, -0.2) is 19.2 Å². The van der Waals surface area contributed by atoms with E-state index in [1.807, 2.05) is 55.5 Å². The maximum atomic E-state index is 11.0. The molecule has 0 aromatic heterocycles. The summed E-state index contributed by atoms with van der Waals surface area (Å²) >= 11 is 0. The smallest absolute Gasteiger partial charge is 0.335 e. The normalized spacial score (nSPS) is 17.9. The Kier molecular flexibility index (Phi) is 31.2. The number of hydrogen-bond donors (Lipinski definition) is 4. The molecule has 0 amide bonds. The minimum Gasteiger partial charge on any atom is -0.496 e. The first-order valence-electron chi connectivity index (χ1n) is 32.9. The average molecular weight is 1280 g/mol. The second kappa shape index (κ2) is 36.8. The molecule has 504 valence electrons. The van der Waals surface area contributed by atoms with Crippen LogP contribution in [0.3, 0.4) is 0 Å². The van der Waals surface area contributed by atoms with Gasteiger partial charge in [-0.3, -0.25) is 0 Å². The molecule has 0 saturated heterocycles. The van der Waals surface area contributed by atoms with E-state index in [0.29, 0.717) is 11.1 Å². The molecule has 0 spiro atoms. The summed E-state index contributed by atoms with van der Waals surface area (Å²) in [6.07, 6.45) is 45.5. The largest absolute Gasteiger partial charge is 0.496 e. The molecule has 94 heavy (non-hydrogen) atoms. The molecule has 0 fully saturated rings. The van der Waals surface area contributed by atoms with Crippen LogP contribution in [-0.2, 0) is 25.2 Å². The lowest BCUT2D eigenvalue weighted by atomic mass is 9.63. The molecular weight excluding hydrogens is 1160 g/mol. The first kappa shape index (κ1) is 79.7. The number of benzene rings is 3. The predicted molar refractivity (Wildman–Crippen MR) is 397 cm³/mol. The summed E-state index contributed by atoms with van der Waals surface area (Å²) in [5, 5.41) is 35.0. The van der Waals surface area contributed by atoms with Gasteiger partial charge in [0.25, 0.3) is 0 Å². The molecule has 3 aliphatic rings. The van der Waals surface area contributed by atoms with Crippen LogP contribution in [0.5, 0.6) is 5.75 Å². The van der Waals surface area contributed by atoms with Crippen molar-refractivity contribution in [2.45, 2.75) is 201 Å². The van der Waals surface area contributed by atoms with Crippen LogP contribution in [0, 0.1) is 31.6 Å². The molecule has 0 radical (unpaired) electrons. The van der Waals surface area contributed by atoms with Crippen molar-refractivity contribution in [3.63, 3.8) is 0 Å². The van der Waals surface area contributed by atoms with Crippen molar-refractivity contribution in [2.24, 2.45) is 10.8 Å². The maximum absolute atomic E-state index is 11.0. The highest BCUT2D eigenvalue weighted by Gasteiger charge is 2.37. The second-order valence-corrected chi connectivity index (χ2v) is 28.2. The zero-order valence-electron chi connectivity index (χ0n) is 60.6. The lowest BCUT2D eigenvalue weighted by Crippen LogP contribution is -2.33. The highest BCUT2D eigenvalue weighted by Crippen LogP contribution is 2.47. The Balaban J connectivity index is 0.000000328. The number of rotatable bonds is 19. The molecular formula is C85H110O9. The Morgan fingerprint density at radius 3 is 1.22 bits per heavy atom. The number of allylic oxidation sites excluding steroid dienone is 25. The predicted octanol–water partition coefficient (Wildman–Crippen LogP) is 22.7. The monoisotopic (exact) mass is 1270 g/mol. The van der Waals surface area contributed by atoms with Crippen molar-refractivity contribution >= 4 is 41.6 Å². The van der Waals surface area contributed by atoms with Crippen molar-refractivity contribution in [2.75, 3.05) is 7.11 Å². The number of ether oxygens (including phenoxy) is 1. The van der Waals surface area contributed by atoms with Crippen molar-refractivity contribution < 1.29 is 44.3 Å². The van der Waals surface area contributed by atoms with Gasteiger partial charge in [0.15, 0.2) is 0 Å². The Hall–Kier alpha value is -8.56. The molecule has 4 N–H and O–H groups in total. The van der Waals surface area contributed by atoms with E-state index in [0.717, 1.165) is 44.7 Å². The van der Waals surface area contributed by atoms with E-state index in [4.69, 9.17) is 25.2 Å². The van der Waals surface area contributed by atoms with Gasteiger partial charge in [-0.1, -0.05) is 211 Å². The summed E-state index contributed by atoms with van der Waals surface area (Å²) in [5.74, 6) is -2.73. The number of aryl methyl sites for hydroxylation is 1. The van der Waals surface area contributed by atoms with Crippen LogP contribution in [0.1, 0.15) is 224 Å².